The average Bonchev–Trinajstić information content (AvgIpc) is 3.19. The summed E-state index contributed by atoms with van der Waals surface area (Å²) in [7, 11) is 1.22. The molecule has 10 nitrogen and oxygen atoms in total. The molecule has 2 aromatic rings. The van der Waals surface area contributed by atoms with Crippen LogP contribution in [0.25, 0.3) is 0 Å². The van der Waals surface area contributed by atoms with E-state index in [2.05, 4.69) is 10.5 Å². The van der Waals surface area contributed by atoms with Crippen LogP contribution in [-0.2, 0) is 19.2 Å². The van der Waals surface area contributed by atoms with Crippen molar-refractivity contribution in [3.63, 3.8) is 0 Å². The van der Waals surface area contributed by atoms with Gasteiger partial charge in [0.15, 0.2) is 0 Å². The predicted molar refractivity (Wildman–Crippen MR) is 115 cm³/mol. The van der Waals surface area contributed by atoms with Crippen LogP contribution in [0.4, 0.5) is 5.69 Å². The summed E-state index contributed by atoms with van der Waals surface area (Å²) < 4.78 is 4.74. The first-order chi connectivity index (χ1) is 14.8. The van der Waals surface area contributed by atoms with E-state index in [-0.39, 0.29) is 24.5 Å². The molecule has 3 rings (SSSR count). The molecule has 1 atom stereocenters. The lowest BCUT2D eigenvalue weighted by Crippen LogP contribution is -2.45. The van der Waals surface area contributed by atoms with Gasteiger partial charge in [0.1, 0.15) is 11.7 Å². The first-order valence-electron chi connectivity index (χ1n) is 9.27. The monoisotopic (exact) mass is 422 g/mol. The van der Waals surface area contributed by atoms with E-state index < -0.39 is 17.5 Å². The molecule has 0 aliphatic carbocycles. The Labute approximate surface area is 178 Å². The second kappa shape index (κ2) is 8.66. The van der Waals surface area contributed by atoms with Gasteiger partial charge < -0.3 is 26.4 Å². The zero-order chi connectivity index (χ0) is 22.6. The number of oxime groups is 1. The van der Waals surface area contributed by atoms with Gasteiger partial charge in [0.05, 0.1) is 19.2 Å². The Kier molecular flexibility index (Phi) is 6.00. The minimum absolute atomic E-state index is 0.0241. The topological polar surface area (TPSA) is 177 Å². The Bertz CT molecular complexity index is 1080. The smallest absolute Gasteiger partial charge is 0.310 e. The zero-order valence-electron chi connectivity index (χ0n) is 16.8. The number of ether oxygens (including phenoxy) is 1. The highest BCUT2D eigenvalue weighted by Crippen LogP contribution is 2.33. The standard InChI is InChI=1S/C21H22N6O4/c1-30-17(28)11-21(20(29)26-13-8-6-12(7-9-13)18(22)23)10-16(27-31-21)14-4-2-3-5-15(14)19(24)25/h2-9H,10-11H2,1H3,(H3,22,23)(H3,24,25)(H,26,29). The summed E-state index contributed by atoms with van der Waals surface area (Å²) in [4.78, 5) is 30.7. The molecule has 0 fully saturated rings. The van der Waals surface area contributed by atoms with E-state index in [9.17, 15) is 9.59 Å². The van der Waals surface area contributed by atoms with Crippen LogP contribution < -0.4 is 16.8 Å². The minimum atomic E-state index is -1.63. The average molecular weight is 422 g/mol. The van der Waals surface area contributed by atoms with E-state index in [1.807, 2.05) is 0 Å². The van der Waals surface area contributed by atoms with Gasteiger partial charge >= 0.3 is 5.97 Å². The number of nitrogens with two attached hydrogens (primary N) is 2. The van der Waals surface area contributed by atoms with Gasteiger partial charge in [0.25, 0.3) is 5.91 Å². The van der Waals surface area contributed by atoms with E-state index in [0.717, 1.165) is 0 Å². The van der Waals surface area contributed by atoms with Crippen molar-refractivity contribution in [1.82, 2.24) is 0 Å². The van der Waals surface area contributed by atoms with Crippen molar-refractivity contribution in [2.24, 2.45) is 16.6 Å². The number of amides is 1. The van der Waals surface area contributed by atoms with Crippen molar-refractivity contribution in [3.05, 3.63) is 65.2 Å². The van der Waals surface area contributed by atoms with Gasteiger partial charge in [-0.2, -0.15) is 0 Å². The summed E-state index contributed by atoms with van der Waals surface area (Å²) in [6.07, 6.45) is -0.389. The maximum Gasteiger partial charge on any atom is 0.310 e. The number of hydrogen-bond acceptors (Lipinski definition) is 7. The number of methoxy groups -OCH3 is 1. The van der Waals surface area contributed by atoms with Gasteiger partial charge in [0.2, 0.25) is 5.60 Å². The quantitative estimate of drug-likeness (QED) is 0.255. The molecule has 1 aliphatic heterocycles. The van der Waals surface area contributed by atoms with Gasteiger partial charge in [0, 0.05) is 28.8 Å². The Morgan fingerprint density at radius 3 is 2.42 bits per heavy atom. The summed E-state index contributed by atoms with van der Waals surface area (Å²) in [5.41, 5.74) is 11.8. The molecule has 1 aliphatic rings. The van der Waals surface area contributed by atoms with Gasteiger partial charge in [-0.15, -0.1) is 0 Å². The number of carbonyl (C=O) groups is 2. The van der Waals surface area contributed by atoms with Gasteiger partial charge in [-0.3, -0.25) is 20.4 Å². The molecule has 1 heterocycles. The Morgan fingerprint density at radius 1 is 1.13 bits per heavy atom. The van der Waals surface area contributed by atoms with Crippen molar-refractivity contribution in [1.29, 1.82) is 10.8 Å². The highest BCUT2D eigenvalue weighted by atomic mass is 16.7. The first-order valence-corrected chi connectivity index (χ1v) is 9.27. The largest absolute Gasteiger partial charge is 0.469 e. The van der Waals surface area contributed by atoms with Crippen molar-refractivity contribution < 1.29 is 19.2 Å². The Morgan fingerprint density at radius 2 is 1.81 bits per heavy atom. The van der Waals surface area contributed by atoms with Crippen molar-refractivity contribution >= 4 is 34.9 Å². The van der Waals surface area contributed by atoms with E-state index in [0.29, 0.717) is 28.1 Å². The van der Waals surface area contributed by atoms with Crippen molar-refractivity contribution in [2.75, 3.05) is 12.4 Å². The number of nitrogens with one attached hydrogen (secondary N) is 3. The van der Waals surface area contributed by atoms with Gasteiger partial charge in [-0.1, -0.05) is 29.4 Å². The third-order valence-electron chi connectivity index (χ3n) is 4.84. The normalized spacial score (nSPS) is 17.3. The first kappa shape index (κ1) is 21.5. The maximum atomic E-state index is 13.2. The van der Waals surface area contributed by atoms with Crippen LogP contribution in [0.2, 0.25) is 0 Å². The lowest BCUT2D eigenvalue weighted by Gasteiger charge is -2.24. The molecule has 2 aromatic carbocycles. The van der Waals surface area contributed by atoms with E-state index in [4.69, 9.17) is 31.9 Å². The molecule has 0 spiro atoms. The minimum Gasteiger partial charge on any atom is -0.469 e. The number of benzene rings is 2. The molecule has 10 heteroatoms. The summed E-state index contributed by atoms with van der Waals surface area (Å²) in [6, 6.07) is 13.2. The van der Waals surface area contributed by atoms with Crippen LogP contribution >= 0.6 is 0 Å². The van der Waals surface area contributed by atoms with E-state index in [1.165, 1.54) is 7.11 Å². The van der Waals surface area contributed by atoms with Crippen LogP contribution in [-0.4, -0.2) is 42.0 Å². The number of esters is 1. The summed E-state index contributed by atoms with van der Waals surface area (Å²) in [5, 5.41) is 22.0. The van der Waals surface area contributed by atoms with Crippen LogP contribution in [0, 0.1) is 10.8 Å². The molecular weight excluding hydrogens is 400 g/mol. The fraction of sp³-hybridized carbons (Fsp3) is 0.190. The molecule has 0 saturated heterocycles. The number of anilines is 1. The summed E-state index contributed by atoms with van der Waals surface area (Å²) in [5.74, 6) is -1.48. The molecule has 31 heavy (non-hydrogen) atoms. The van der Waals surface area contributed by atoms with Crippen molar-refractivity contribution in [3.8, 4) is 0 Å². The molecule has 0 radical (unpaired) electrons. The molecule has 160 valence electrons. The predicted octanol–water partition coefficient (Wildman–Crippen LogP) is 1.32. The zero-order valence-corrected chi connectivity index (χ0v) is 16.8. The van der Waals surface area contributed by atoms with Crippen LogP contribution in [0.1, 0.15) is 29.5 Å². The van der Waals surface area contributed by atoms with E-state index in [1.54, 1.807) is 48.5 Å². The second-order valence-electron chi connectivity index (χ2n) is 6.96. The number of carbonyl (C=O) groups excluding carboxylic acids is 2. The highest BCUT2D eigenvalue weighted by molar-refractivity contribution is 6.14. The molecule has 7 N–H and O–H groups in total. The number of nitrogens with zero attached hydrogens (tertiary/aromatic N) is 1. The molecule has 1 amide bonds. The number of nitrogen functional groups attached to an aromatic ring is 2. The second-order valence-corrected chi connectivity index (χ2v) is 6.96. The third kappa shape index (κ3) is 4.53. The fourth-order valence-corrected chi connectivity index (χ4v) is 3.17. The summed E-state index contributed by atoms with van der Waals surface area (Å²) in [6.45, 7) is 0. The fourth-order valence-electron chi connectivity index (χ4n) is 3.17. The van der Waals surface area contributed by atoms with Gasteiger partial charge in [-0.05, 0) is 24.3 Å². The molecule has 0 saturated carbocycles. The highest BCUT2D eigenvalue weighted by Gasteiger charge is 2.49. The molecular formula is C21H22N6O4. The molecule has 0 aromatic heterocycles. The molecule has 1 unspecified atom stereocenters. The van der Waals surface area contributed by atoms with Crippen LogP contribution in [0.3, 0.4) is 0 Å². The number of amidine groups is 2. The lowest BCUT2D eigenvalue weighted by molar-refractivity contribution is -0.155. The third-order valence-corrected chi connectivity index (χ3v) is 4.84. The number of hydrogen-bond donors (Lipinski definition) is 5. The Balaban J connectivity index is 1.88. The van der Waals surface area contributed by atoms with Gasteiger partial charge in [-0.25, -0.2) is 0 Å². The number of rotatable bonds is 7. The van der Waals surface area contributed by atoms with Crippen LogP contribution in [0.5, 0.6) is 0 Å². The summed E-state index contributed by atoms with van der Waals surface area (Å²) >= 11 is 0. The molecule has 0 bridgehead atoms. The SMILES string of the molecule is COC(=O)CC1(C(=O)Nc2ccc(C(=N)N)cc2)CC(c2ccccc2C(=N)N)=NO1. The van der Waals surface area contributed by atoms with E-state index >= 15 is 0 Å². The maximum absolute atomic E-state index is 13.2. The van der Waals surface area contributed by atoms with Crippen LogP contribution in [0.15, 0.2) is 53.7 Å². The Hall–Kier alpha value is -4.21. The van der Waals surface area contributed by atoms with Crippen molar-refractivity contribution in [2.45, 2.75) is 18.4 Å². The lowest BCUT2D eigenvalue weighted by atomic mass is 9.88.